The van der Waals surface area contributed by atoms with E-state index < -0.39 is 0 Å². The van der Waals surface area contributed by atoms with Crippen LogP contribution in [-0.2, 0) is 14.3 Å². The Morgan fingerprint density at radius 3 is 2.54 bits per heavy atom. The maximum absolute atomic E-state index is 13.7. The van der Waals surface area contributed by atoms with E-state index in [4.69, 9.17) is 32.7 Å². The molecule has 2 amide bonds. The lowest BCUT2D eigenvalue weighted by molar-refractivity contribution is -0.604. The summed E-state index contributed by atoms with van der Waals surface area (Å²) in [5.41, 5.74) is 3.05. The molecule has 1 unspecified atom stereocenters. The smallest absolute Gasteiger partial charge is 0.265 e. The van der Waals surface area contributed by atoms with Crippen molar-refractivity contribution in [2.75, 3.05) is 57.9 Å². The van der Waals surface area contributed by atoms with Gasteiger partial charge in [0.05, 0.1) is 35.0 Å². The standard InChI is InChI=1S/C28H28Cl2N4O5/c1-31(27(35)17-34-24-13-22(29)23(30)14-26(24)39-18-28(34)36)25(16-32-9-11-38-12-10-32)20-6-4-19(5-7-20)21-3-2-8-33(37)15-21/h2-8,13-15,25H,9-12,16-18H2,1H3. The quantitative estimate of drug-likeness (QED) is 0.319. The maximum atomic E-state index is 13.7. The fourth-order valence-electron chi connectivity index (χ4n) is 4.79. The molecule has 1 aromatic heterocycles. The number of likely N-dealkylation sites (N-methyl/N-ethyl adjacent to an activating group) is 1. The highest BCUT2D eigenvalue weighted by Gasteiger charge is 2.32. The molecule has 1 saturated heterocycles. The third kappa shape index (κ3) is 6.12. The number of carbonyl (C=O) groups is 2. The van der Waals surface area contributed by atoms with Gasteiger partial charge >= 0.3 is 0 Å². The molecule has 1 fully saturated rings. The summed E-state index contributed by atoms with van der Waals surface area (Å²) < 4.78 is 11.8. The van der Waals surface area contributed by atoms with Gasteiger partial charge in [0.25, 0.3) is 5.91 Å². The van der Waals surface area contributed by atoms with Crippen LogP contribution in [0.1, 0.15) is 11.6 Å². The molecule has 11 heteroatoms. The van der Waals surface area contributed by atoms with E-state index in [0.717, 1.165) is 34.5 Å². The Bertz CT molecular complexity index is 1360. The number of hydrogen-bond acceptors (Lipinski definition) is 6. The highest BCUT2D eigenvalue weighted by molar-refractivity contribution is 6.42. The number of anilines is 1. The Morgan fingerprint density at radius 2 is 1.82 bits per heavy atom. The number of halogens is 2. The normalized spacial score (nSPS) is 16.4. The van der Waals surface area contributed by atoms with E-state index in [1.165, 1.54) is 17.3 Å². The number of morpholine rings is 1. The van der Waals surface area contributed by atoms with Crippen LogP contribution >= 0.6 is 23.2 Å². The average Bonchev–Trinajstić information content (AvgIpc) is 2.94. The first kappa shape index (κ1) is 27.2. The van der Waals surface area contributed by atoms with Crippen LogP contribution in [0.15, 0.2) is 60.9 Å². The third-order valence-electron chi connectivity index (χ3n) is 7.04. The van der Waals surface area contributed by atoms with E-state index in [1.807, 2.05) is 30.3 Å². The van der Waals surface area contributed by atoms with Crippen molar-refractivity contribution in [2.24, 2.45) is 0 Å². The summed E-state index contributed by atoms with van der Waals surface area (Å²) in [7, 11) is 1.75. The van der Waals surface area contributed by atoms with E-state index in [-0.39, 0.29) is 36.0 Å². The summed E-state index contributed by atoms with van der Waals surface area (Å²) in [5.74, 6) is -0.171. The SMILES string of the molecule is CN(C(=O)CN1C(=O)COc2cc(Cl)c(Cl)cc21)C(CN1CCOCC1)c1ccc(-c2ccc[n+]([O-])c2)cc1. The lowest BCUT2D eigenvalue weighted by atomic mass is 10.00. The molecule has 2 aliphatic rings. The Morgan fingerprint density at radius 1 is 1.10 bits per heavy atom. The van der Waals surface area contributed by atoms with Gasteiger partial charge in [-0.05, 0) is 23.3 Å². The van der Waals surface area contributed by atoms with Gasteiger partial charge in [-0.25, -0.2) is 0 Å². The van der Waals surface area contributed by atoms with Crippen LogP contribution in [0.5, 0.6) is 5.75 Å². The Kier molecular flexibility index (Phi) is 8.23. The number of rotatable bonds is 7. The number of carbonyl (C=O) groups excluding carboxylic acids is 2. The zero-order valence-corrected chi connectivity index (χ0v) is 22.9. The first-order valence-electron chi connectivity index (χ1n) is 12.6. The van der Waals surface area contributed by atoms with Crippen molar-refractivity contribution >= 4 is 40.7 Å². The minimum absolute atomic E-state index is 0.172. The molecule has 2 aromatic carbocycles. The molecule has 9 nitrogen and oxygen atoms in total. The van der Waals surface area contributed by atoms with Gasteiger partial charge in [-0.15, -0.1) is 0 Å². The minimum Gasteiger partial charge on any atom is -0.619 e. The van der Waals surface area contributed by atoms with Gasteiger partial charge in [-0.2, -0.15) is 4.73 Å². The third-order valence-corrected chi connectivity index (χ3v) is 7.76. The van der Waals surface area contributed by atoms with Gasteiger partial charge in [0.1, 0.15) is 12.3 Å². The van der Waals surface area contributed by atoms with Crippen LogP contribution in [0, 0.1) is 5.21 Å². The van der Waals surface area contributed by atoms with Gasteiger partial charge in [0.2, 0.25) is 5.91 Å². The number of benzene rings is 2. The highest BCUT2D eigenvalue weighted by Crippen LogP contribution is 2.39. The minimum atomic E-state index is -0.338. The molecule has 0 radical (unpaired) electrons. The van der Waals surface area contributed by atoms with Crippen LogP contribution in [0.3, 0.4) is 0 Å². The fraction of sp³-hybridized carbons (Fsp3) is 0.321. The summed E-state index contributed by atoms with van der Waals surface area (Å²) in [5, 5.41) is 12.3. The molecule has 3 aromatic rings. The summed E-state index contributed by atoms with van der Waals surface area (Å²) >= 11 is 12.3. The van der Waals surface area contributed by atoms with Gasteiger partial charge in [-0.1, -0.05) is 47.5 Å². The van der Waals surface area contributed by atoms with Gasteiger partial charge < -0.3 is 19.6 Å². The van der Waals surface area contributed by atoms with Crippen molar-refractivity contribution in [3.63, 3.8) is 0 Å². The van der Waals surface area contributed by atoms with Gasteiger partial charge in [-0.3, -0.25) is 19.4 Å². The molecule has 3 heterocycles. The Hall–Kier alpha value is -3.37. The van der Waals surface area contributed by atoms with E-state index in [1.54, 1.807) is 30.1 Å². The topological polar surface area (TPSA) is 89.3 Å². The van der Waals surface area contributed by atoms with Crippen molar-refractivity contribution in [2.45, 2.75) is 6.04 Å². The number of aromatic nitrogens is 1. The number of nitrogens with zero attached hydrogens (tertiary/aromatic N) is 4. The average molecular weight is 571 g/mol. The molecular formula is C28H28Cl2N4O5. The van der Waals surface area contributed by atoms with E-state index in [0.29, 0.717) is 36.2 Å². The van der Waals surface area contributed by atoms with Crippen molar-refractivity contribution in [1.29, 1.82) is 0 Å². The molecule has 39 heavy (non-hydrogen) atoms. The predicted octanol–water partition coefficient (Wildman–Crippen LogP) is 3.55. The highest BCUT2D eigenvalue weighted by atomic mass is 35.5. The molecule has 1 atom stereocenters. The maximum Gasteiger partial charge on any atom is 0.265 e. The number of fused-ring (bicyclic) bond motifs is 1. The summed E-state index contributed by atoms with van der Waals surface area (Å²) in [6.45, 7) is 3.03. The first-order chi connectivity index (χ1) is 18.8. The molecule has 204 valence electrons. The predicted molar refractivity (Wildman–Crippen MR) is 148 cm³/mol. The second kappa shape index (κ2) is 11.8. The van der Waals surface area contributed by atoms with Crippen molar-refractivity contribution in [3.05, 3.63) is 81.7 Å². The van der Waals surface area contributed by atoms with Crippen molar-refractivity contribution in [1.82, 2.24) is 9.80 Å². The summed E-state index contributed by atoms with van der Waals surface area (Å²) in [6.07, 6.45) is 2.96. The lowest BCUT2D eigenvalue weighted by Crippen LogP contribution is -2.48. The van der Waals surface area contributed by atoms with Crippen LogP contribution in [0.2, 0.25) is 10.0 Å². The Labute approximate surface area is 236 Å². The Balaban J connectivity index is 1.40. The van der Waals surface area contributed by atoms with E-state index in [9.17, 15) is 14.8 Å². The second-order valence-electron chi connectivity index (χ2n) is 9.51. The van der Waals surface area contributed by atoms with Crippen molar-refractivity contribution in [3.8, 4) is 16.9 Å². The van der Waals surface area contributed by atoms with Crippen molar-refractivity contribution < 1.29 is 23.8 Å². The fourth-order valence-corrected chi connectivity index (χ4v) is 5.10. The first-order valence-corrected chi connectivity index (χ1v) is 13.3. The summed E-state index contributed by atoms with van der Waals surface area (Å²) in [4.78, 5) is 31.8. The molecule has 0 spiro atoms. The van der Waals surface area contributed by atoms with Gasteiger partial charge in [0.15, 0.2) is 19.0 Å². The molecular weight excluding hydrogens is 543 g/mol. The molecule has 0 saturated carbocycles. The molecule has 2 aliphatic heterocycles. The zero-order valence-electron chi connectivity index (χ0n) is 21.4. The molecule has 0 aliphatic carbocycles. The summed E-state index contributed by atoms with van der Waals surface area (Å²) in [6, 6.07) is 14.2. The monoisotopic (exact) mass is 570 g/mol. The molecule has 5 rings (SSSR count). The number of ether oxygens (including phenoxy) is 2. The van der Waals surface area contributed by atoms with E-state index in [2.05, 4.69) is 4.90 Å². The van der Waals surface area contributed by atoms with Crippen LogP contribution < -0.4 is 14.4 Å². The van der Waals surface area contributed by atoms with Crippen LogP contribution in [-0.4, -0.2) is 74.7 Å². The number of pyridine rings is 1. The lowest BCUT2D eigenvalue weighted by Gasteiger charge is -2.37. The number of hydrogen-bond donors (Lipinski definition) is 0. The van der Waals surface area contributed by atoms with Gasteiger partial charge in [0, 0.05) is 44.4 Å². The second-order valence-corrected chi connectivity index (χ2v) is 10.3. The molecule has 0 N–H and O–H groups in total. The largest absolute Gasteiger partial charge is 0.619 e. The zero-order chi connectivity index (χ0) is 27.5. The number of amides is 2. The van der Waals surface area contributed by atoms with Crippen LogP contribution in [0.25, 0.3) is 11.1 Å². The van der Waals surface area contributed by atoms with E-state index >= 15 is 0 Å². The van der Waals surface area contributed by atoms with Crippen LogP contribution in [0.4, 0.5) is 5.69 Å². The molecule has 0 bridgehead atoms.